The van der Waals surface area contributed by atoms with Crippen LogP contribution in [-0.2, 0) is 0 Å². The van der Waals surface area contributed by atoms with Crippen LogP contribution >= 0.6 is 0 Å². The standard InChI is InChI=1S/10Na.4H2O.10H/h;;;;;;;;;;4*1H2;;;;;;;;;;. The molecular formula is H18Na10O4. The first-order valence-corrected chi connectivity index (χ1v) is 0. The summed E-state index contributed by atoms with van der Waals surface area (Å²) >= 11 is 0. The fourth-order valence-electron chi connectivity index (χ4n) is 0. The van der Waals surface area contributed by atoms with Gasteiger partial charge in [0.1, 0.15) is 0 Å². The molecule has 52 valence electrons. The van der Waals surface area contributed by atoms with Gasteiger partial charge in [-0.3, -0.25) is 0 Å². The van der Waals surface area contributed by atoms with Crippen molar-refractivity contribution in [3.05, 3.63) is 0 Å². The van der Waals surface area contributed by atoms with E-state index < -0.39 is 0 Å². The maximum absolute atomic E-state index is 0. The molecule has 0 spiro atoms. The Kier molecular flexibility index (Phi) is 1030. The van der Waals surface area contributed by atoms with Crippen molar-refractivity contribution in [1.82, 2.24) is 0 Å². The zero-order valence-electron chi connectivity index (χ0n) is 2.00. The second kappa shape index (κ2) is 113. The van der Waals surface area contributed by atoms with Gasteiger partial charge in [-0.15, -0.1) is 0 Å². The number of rotatable bonds is 0. The van der Waals surface area contributed by atoms with Gasteiger partial charge in [-0.25, -0.2) is 0 Å². The Labute approximate surface area is 307 Å². The van der Waals surface area contributed by atoms with Gasteiger partial charge < -0.3 is 21.9 Å². The van der Waals surface area contributed by atoms with Crippen molar-refractivity contribution in [2.24, 2.45) is 0 Å². The second-order valence-electron chi connectivity index (χ2n) is 0. The molecule has 0 unspecified atom stereocenters. The molecule has 0 aromatic rings. The first-order chi connectivity index (χ1) is 0. The molecule has 14 heavy (non-hydrogen) atoms. The van der Waals surface area contributed by atoms with Crippen molar-refractivity contribution in [3.63, 3.8) is 0 Å². The quantitative estimate of drug-likeness (QED) is 0.394. The first-order valence-electron chi connectivity index (χ1n) is 0. The molecule has 0 bridgehead atoms. The van der Waals surface area contributed by atoms with Gasteiger partial charge in [0, 0.05) is 0 Å². The molecule has 0 saturated carbocycles. The molecule has 8 N–H and O–H groups in total. The van der Waals surface area contributed by atoms with Crippen LogP contribution < -0.4 is 0 Å². The average Bonchev–Trinajstić information content (AvgIpc) is 0. The predicted molar refractivity (Wildman–Crippen MR) is 85.9 cm³/mol. The van der Waals surface area contributed by atoms with E-state index in [4.69, 9.17) is 0 Å². The zero-order chi connectivity index (χ0) is 0. The van der Waals surface area contributed by atoms with Gasteiger partial charge in [-0.1, -0.05) is 0 Å². The summed E-state index contributed by atoms with van der Waals surface area (Å²) in [6.07, 6.45) is 0. The topological polar surface area (TPSA) is 126 Å². The predicted octanol–water partition coefficient (Wildman–Crippen LogP) is -9.78. The third-order valence-corrected chi connectivity index (χ3v) is 0. The average molecular weight is 312 g/mol. The first kappa shape index (κ1) is 128. The van der Waals surface area contributed by atoms with Crippen molar-refractivity contribution in [2.75, 3.05) is 0 Å². The Hall–Kier alpha value is 9.84. The van der Waals surface area contributed by atoms with Crippen LogP contribution in [0.3, 0.4) is 0 Å². The van der Waals surface area contributed by atoms with E-state index in [1.165, 1.54) is 0 Å². The summed E-state index contributed by atoms with van der Waals surface area (Å²) < 4.78 is 0. The van der Waals surface area contributed by atoms with Crippen LogP contribution in [0.1, 0.15) is 0 Å². The molecular weight excluding hydrogens is 294 g/mol. The summed E-state index contributed by atoms with van der Waals surface area (Å²) in [5.74, 6) is 0. The number of hydrogen-bond acceptors (Lipinski definition) is 0. The van der Waals surface area contributed by atoms with Crippen LogP contribution in [-0.4, -0.2) is 317 Å². The normalized spacial score (nSPS) is 0. The van der Waals surface area contributed by atoms with Gasteiger partial charge in [0.25, 0.3) is 0 Å². The van der Waals surface area contributed by atoms with E-state index in [1.54, 1.807) is 0 Å². The van der Waals surface area contributed by atoms with Crippen molar-refractivity contribution in [3.8, 4) is 0 Å². The van der Waals surface area contributed by atoms with Gasteiger partial charge in [-0.05, 0) is 0 Å². The Balaban J connectivity index is 0. The summed E-state index contributed by atoms with van der Waals surface area (Å²) in [6.45, 7) is 0. The SMILES string of the molecule is O.O.O.O.[NaH].[NaH].[NaH].[NaH].[NaH].[NaH].[NaH].[NaH].[NaH].[NaH]. The summed E-state index contributed by atoms with van der Waals surface area (Å²) in [5.41, 5.74) is 0. The van der Waals surface area contributed by atoms with E-state index in [2.05, 4.69) is 0 Å². The molecule has 0 radical (unpaired) electrons. The van der Waals surface area contributed by atoms with Gasteiger partial charge in [0.05, 0.1) is 0 Å². The van der Waals surface area contributed by atoms with Gasteiger partial charge in [0.15, 0.2) is 0 Å². The summed E-state index contributed by atoms with van der Waals surface area (Å²) in [6, 6.07) is 0. The van der Waals surface area contributed by atoms with Crippen LogP contribution in [0.25, 0.3) is 0 Å². The van der Waals surface area contributed by atoms with E-state index in [0.717, 1.165) is 0 Å². The molecule has 0 heterocycles. The minimum atomic E-state index is 0. The number of hydrogen-bond donors (Lipinski definition) is 0. The summed E-state index contributed by atoms with van der Waals surface area (Å²) in [7, 11) is 0. The molecule has 0 aliphatic carbocycles. The van der Waals surface area contributed by atoms with E-state index in [0.29, 0.717) is 0 Å². The van der Waals surface area contributed by atoms with Crippen LogP contribution in [0.2, 0.25) is 0 Å². The Bertz CT molecular complexity index is 12.1. The van der Waals surface area contributed by atoms with Crippen molar-refractivity contribution >= 4 is 296 Å². The van der Waals surface area contributed by atoms with Gasteiger partial charge >= 0.3 is 296 Å². The third-order valence-electron chi connectivity index (χ3n) is 0. The monoisotopic (exact) mass is 312 g/mol. The molecule has 0 aliphatic heterocycles. The fourth-order valence-corrected chi connectivity index (χ4v) is 0. The molecule has 0 aromatic carbocycles. The maximum atomic E-state index is 0. The Morgan fingerprint density at radius 1 is 0.143 bits per heavy atom. The van der Waals surface area contributed by atoms with Crippen molar-refractivity contribution in [2.45, 2.75) is 0 Å². The van der Waals surface area contributed by atoms with E-state index in [-0.39, 0.29) is 317 Å². The van der Waals surface area contributed by atoms with E-state index >= 15 is 0 Å². The van der Waals surface area contributed by atoms with Crippen LogP contribution in [0.5, 0.6) is 0 Å². The zero-order valence-corrected chi connectivity index (χ0v) is 2.00. The molecule has 0 rings (SSSR count). The van der Waals surface area contributed by atoms with Crippen LogP contribution in [0.4, 0.5) is 0 Å². The molecule has 0 aromatic heterocycles. The Morgan fingerprint density at radius 2 is 0.143 bits per heavy atom. The second-order valence-corrected chi connectivity index (χ2v) is 0. The molecule has 4 nitrogen and oxygen atoms in total. The van der Waals surface area contributed by atoms with E-state index in [1.807, 2.05) is 0 Å². The third kappa shape index (κ3) is 98.0. The van der Waals surface area contributed by atoms with E-state index in [9.17, 15) is 0 Å². The summed E-state index contributed by atoms with van der Waals surface area (Å²) in [4.78, 5) is 0. The van der Waals surface area contributed by atoms with Crippen LogP contribution in [0, 0.1) is 0 Å². The van der Waals surface area contributed by atoms with Gasteiger partial charge in [0.2, 0.25) is 0 Å². The minimum absolute atomic E-state index is 0. The molecule has 0 fully saturated rings. The Morgan fingerprint density at radius 3 is 0.143 bits per heavy atom. The molecule has 0 amide bonds. The molecule has 0 saturated heterocycles. The van der Waals surface area contributed by atoms with Crippen molar-refractivity contribution < 1.29 is 21.9 Å². The molecule has 14 heteroatoms. The summed E-state index contributed by atoms with van der Waals surface area (Å²) in [5, 5.41) is 0. The molecule has 0 aliphatic rings. The van der Waals surface area contributed by atoms with Gasteiger partial charge in [-0.2, -0.15) is 0 Å². The van der Waals surface area contributed by atoms with Crippen molar-refractivity contribution in [1.29, 1.82) is 0 Å². The fraction of sp³-hybridized carbons (Fsp3) is 0. The van der Waals surface area contributed by atoms with Crippen LogP contribution in [0.15, 0.2) is 0 Å². The molecule has 0 atom stereocenters.